The van der Waals surface area contributed by atoms with Gasteiger partial charge in [-0.05, 0) is 25.4 Å². The lowest BCUT2D eigenvalue weighted by Gasteiger charge is -2.11. The van der Waals surface area contributed by atoms with Crippen LogP contribution < -0.4 is 15.8 Å². The fourth-order valence-corrected chi connectivity index (χ4v) is 2.03. The molecule has 2 aromatic rings. The molecule has 2 aromatic heterocycles. The van der Waals surface area contributed by atoms with E-state index in [1.807, 2.05) is 25.5 Å². The Balaban J connectivity index is 2.07. The van der Waals surface area contributed by atoms with Crippen LogP contribution in [0.25, 0.3) is 0 Å². The number of nitrogen functional groups attached to an aromatic ring is 1. The number of ether oxygens (including phenoxy) is 1. The molecule has 0 spiro atoms. The van der Waals surface area contributed by atoms with Crippen LogP contribution in [0.5, 0.6) is 5.75 Å². The molecule has 0 aliphatic carbocycles. The highest BCUT2D eigenvalue weighted by molar-refractivity contribution is 7.11. The predicted molar refractivity (Wildman–Crippen MR) is 70.6 cm³/mol. The van der Waals surface area contributed by atoms with Gasteiger partial charge in [0.15, 0.2) is 22.4 Å². The Morgan fingerprint density at radius 1 is 1.56 bits per heavy atom. The van der Waals surface area contributed by atoms with Gasteiger partial charge < -0.3 is 20.4 Å². The van der Waals surface area contributed by atoms with E-state index >= 15 is 0 Å². The smallest absolute Gasteiger partial charge is 0.197 e. The average molecular weight is 268 g/mol. The lowest BCUT2D eigenvalue weighted by atomic mass is 10.4. The fourth-order valence-electron chi connectivity index (χ4n) is 1.38. The van der Waals surface area contributed by atoms with Crippen LogP contribution in [0.1, 0.15) is 19.7 Å². The van der Waals surface area contributed by atoms with Gasteiger partial charge in [-0.3, -0.25) is 0 Å². The van der Waals surface area contributed by atoms with E-state index in [4.69, 9.17) is 10.5 Å². The summed E-state index contributed by atoms with van der Waals surface area (Å²) in [6.07, 6.45) is 1.71. The molecule has 18 heavy (non-hydrogen) atoms. The molecule has 2 heterocycles. The Morgan fingerprint density at radius 2 is 2.33 bits per heavy atom. The van der Waals surface area contributed by atoms with Crippen molar-refractivity contribution in [1.29, 1.82) is 0 Å². The molecule has 2 rings (SSSR count). The summed E-state index contributed by atoms with van der Waals surface area (Å²) in [6, 6.07) is 0. The number of nitrogens with two attached hydrogens (primary N) is 1. The van der Waals surface area contributed by atoms with Gasteiger partial charge in [-0.2, -0.15) is 4.37 Å². The van der Waals surface area contributed by atoms with Gasteiger partial charge in [-0.15, -0.1) is 10.2 Å². The molecule has 0 saturated heterocycles. The summed E-state index contributed by atoms with van der Waals surface area (Å²) in [5.41, 5.74) is 5.77. The predicted octanol–water partition coefficient (Wildman–Crippen LogP) is 1.25. The molecule has 0 fully saturated rings. The van der Waals surface area contributed by atoms with Crippen molar-refractivity contribution in [1.82, 2.24) is 19.1 Å². The van der Waals surface area contributed by atoms with Crippen molar-refractivity contribution < 1.29 is 4.74 Å². The van der Waals surface area contributed by atoms with Crippen molar-refractivity contribution in [2.75, 3.05) is 11.1 Å². The molecular formula is C10H16N6OS. The quantitative estimate of drug-likeness (QED) is 0.848. The largest absolute Gasteiger partial charge is 0.484 e. The Labute approximate surface area is 109 Å². The number of hydrogen-bond donors (Lipinski definition) is 2. The summed E-state index contributed by atoms with van der Waals surface area (Å²) in [6.45, 7) is 4.44. The molecule has 0 saturated carbocycles. The Kier molecular flexibility index (Phi) is 3.66. The monoisotopic (exact) mass is 268 g/mol. The lowest BCUT2D eigenvalue weighted by molar-refractivity contribution is 0.245. The topological polar surface area (TPSA) is 90.9 Å². The second-order valence-corrected chi connectivity index (χ2v) is 4.88. The van der Waals surface area contributed by atoms with Crippen LogP contribution in [0.15, 0.2) is 6.33 Å². The summed E-state index contributed by atoms with van der Waals surface area (Å²) < 4.78 is 11.6. The number of aromatic nitrogens is 4. The SMILES string of the molecule is CC(C)Oc1c(N)nsc1NCc1nncn1C. The van der Waals surface area contributed by atoms with E-state index in [-0.39, 0.29) is 6.10 Å². The maximum absolute atomic E-state index is 5.77. The minimum absolute atomic E-state index is 0.0547. The molecule has 3 N–H and O–H groups in total. The van der Waals surface area contributed by atoms with Gasteiger partial charge in [0.2, 0.25) is 0 Å². The Bertz CT molecular complexity index is 520. The van der Waals surface area contributed by atoms with Crippen molar-refractivity contribution in [3.05, 3.63) is 12.2 Å². The highest BCUT2D eigenvalue weighted by Crippen LogP contribution is 2.35. The summed E-state index contributed by atoms with van der Waals surface area (Å²) >= 11 is 1.28. The van der Waals surface area contributed by atoms with Crippen LogP contribution in [-0.2, 0) is 13.6 Å². The number of nitrogens with zero attached hydrogens (tertiary/aromatic N) is 4. The van der Waals surface area contributed by atoms with Crippen LogP contribution in [-0.4, -0.2) is 25.2 Å². The van der Waals surface area contributed by atoms with Gasteiger partial charge in [0.1, 0.15) is 6.33 Å². The van der Waals surface area contributed by atoms with Crippen LogP contribution >= 0.6 is 11.5 Å². The normalized spacial score (nSPS) is 10.9. The van der Waals surface area contributed by atoms with E-state index in [0.29, 0.717) is 18.1 Å². The second-order valence-electron chi connectivity index (χ2n) is 4.10. The molecule has 8 heteroatoms. The second kappa shape index (κ2) is 5.21. The molecule has 98 valence electrons. The van der Waals surface area contributed by atoms with Gasteiger partial charge in [0.25, 0.3) is 0 Å². The maximum Gasteiger partial charge on any atom is 0.197 e. The number of hydrogen-bond acceptors (Lipinski definition) is 7. The molecular weight excluding hydrogens is 252 g/mol. The molecule has 0 bridgehead atoms. The molecule has 0 amide bonds. The number of nitrogens with one attached hydrogen (secondary N) is 1. The van der Waals surface area contributed by atoms with E-state index in [9.17, 15) is 0 Å². The van der Waals surface area contributed by atoms with Gasteiger partial charge in [0, 0.05) is 7.05 Å². The minimum Gasteiger partial charge on any atom is -0.484 e. The first-order chi connectivity index (χ1) is 8.58. The van der Waals surface area contributed by atoms with E-state index < -0.39 is 0 Å². The summed E-state index contributed by atoms with van der Waals surface area (Å²) in [5.74, 6) is 1.85. The van der Waals surface area contributed by atoms with Gasteiger partial charge in [-0.1, -0.05) is 0 Å². The number of rotatable bonds is 5. The molecule has 0 aliphatic rings. The average Bonchev–Trinajstić information content (AvgIpc) is 2.85. The van der Waals surface area contributed by atoms with Crippen molar-refractivity contribution >= 4 is 22.4 Å². The first-order valence-electron chi connectivity index (χ1n) is 5.56. The van der Waals surface area contributed by atoms with Crippen LogP contribution in [0, 0.1) is 0 Å². The van der Waals surface area contributed by atoms with E-state index in [2.05, 4.69) is 19.9 Å². The van der Waals surface area contributed by atoms with Gasteiger partial charge in [0.05, 0.1) is 12.6 Å². The zero-order valence-electron chi connectivity index (χ0n) is 10.5. The third kappa shape index (κ3) is 2.70. The summed E-state index contributed by atoms with van der Waals surface area (Å²) in [5, 5.41) is 11.8. The molecule has 0 radical (unpaired) electrons. The van der Waals surface area contributed by atoms with E-state index in [1.54, 1.807) is 6.33 Å². The van der Waals surface area contributed by atoms with Crippen LogP contribution in [0.3, 0.4) is 0 Å². The Hall–Kier alpha value is -1.83. The minimum atomic E-state index is 0.0547. The van der Waals surface area contributed by atoms with Gasteiger partial charge >= 0.3 is 0 Å². The van der Waals surface area contributed by atoms with E-state index in [1.165, 1.54) is 11.5 Å². The molecule has 7 nitrogen and oxygen atoms in total. The standard InChI is InChI=1S/C10H16N6OS/c1-6(2)17-8-9(11)15-18-10(8)12-4-7-14-13-5-16(7)3/h5-6,12H,4H2,1-3H3,(H2,11,15). The van der Waals surface area contributed by atoms with Crippen molar-refractivity contribution in [3.63, 3.8) is 0 Å². The third-order valence-corrected chi connectivity index (χ3v) is 3.04. The van der Waals surface area contributed by atoms with E-state index in [0.717, 1.165) is 10.8 Å². The lowest BCUT2D eigenvalue weighted by Crippen LogP contribution is -2.10. The summed E-state index contributed by atoms with van der Waals surface area (Å²) in [4.78, 5) is 0. The fraction of sp³-hybridized carbons (Fsp3) is 0.500. The van der Waals surface area contributed by atoms with Crippen molar-refractivity contribution in [3.8, 4) is 5.75 Å². The van der Waals surface area contributed by atoms with Gasteiger partial charge in [-0.25, -0.2) is 0 Å². The molecule has 0 aliphatic heterocycles. The number of aryl methyl sites for hydroxylation is 1. The highest BCUT2D eigenvalue weighted by Gasteiger charge is 2.14. The zero-order chi connectivity index (χ0) is 13.1. The van der Waals surface area contributed by atoms with Crippen LogP contribution in [0.4, 0.5) is 10.8 Å². The zero-order valence-corrected chi connectivity index (χ0v) is 11.4. The van der Waals surface area contributed by atoms with Crippen molar-refractivity contribution in [2.24, 2.45) is 7.05 Å². The van der Waals surface area contributed by atoms with Crippen LogP contribution in [0.2, 0.25) is 0 Å². The number of anilines is 2. The third-order valence-electron chi connectivity index (χ3n) is 2.24. The molecule has 0 unspecified atom stereocenters. The summed E-state index contributed by atoms with van der Waals surface area (Å²) in [7, 11) is 1.89. The Morgan fingerprint density at radius 3 is 2.94 bits per heavy atom. The first kappa shape index (κ1) is 12.6. The molecule has 0 atom stereocenters. The molecule has 0 aromatic carbocycles. The maximum atomic E-state index is 5.77. The van der Waals surface area contributed by atoms with Crippen molar-refractivity contribution in [2.45, 2.75) is 26.5 Å². The first-order valence-corrected chi connectivity index (χ1v) is 6.33. The highest BCUT2D eigenvalue weighted by atomic mass is 32.1.